The predicted molar refractivity (Wildman–Crippen MR) is 51.6 cm³/mol. The fourth-order valence-electron chi connectivity index (χ4n) is 0.769. The number of hydrogen-bond acceptors (Lipinski definition) is 4. The number of carbonyl (C=O) groups excluding carboxylic acids is 2. The molecule has 82 valence electrons. The highest BCUT2D eigenvalue weighted by molar-refractivity contribution is 5.75. The van der Waals surface area contributed by atoms with Crippen molar-refractivity contribution in [2.75, 3.05) is 33.4 Å². The van der Waals surface area contributed by atoms with Crippen molar-refractivity contribution in [1.82, 2.24) is 10.6 Å². The van der Waals surface area contributed by atoms with Crippen molar-refractivity contribution < 1.29 is 14.3 Å². The van der Waals surface area contributed by atoms with Crippen LogP contribution in [0.1, 0.15) is 6.42 Å². The van der Waals surface area contributed by atoms with Gasteiger partial charge >= 0.3 is 0 Å². The molecule has 0 aliphatic carbocycles. The minimum absolute atomic E-state index is 0.00412. The number of carbonyl (C=O) groups is 2. The molecule has 6 nitrogen and oxygen atoms in total. The van der Waals surface area contributed by atoms with Gasteiger partial charge in [-0.3, -0.25) is 9.59 Å². The van der Waals surface area contributed by atoms with E-state index in [0.29, 0.717) is 26.1 Å². The largest absolute Gasteiger partial charge is 0.370 e. The number of nitrogens with two attached hydrogens (primary N) is 1. The number of primary amides is 1. The third-order valence-corrected chi connectivity index (χ3v) is 1.48. The monoisotopic (exact) mass is 203 g/mol. The molecule has 0 radical (unpaired) electrons. The molecule has 0 saturated heterocycles. The van der Waals surface area contributed by atoms with E-state index in [1.807, 2.05) is 0 Å². The van der Waals surface area contributed by atoms with E-state index < -0.39 is 5.91 Å². The van der Waals surface area contributed by atoms with Gasteiger partial charge < -0.3 is 21.1 Å². The Morgan fingerprint density at radius 3 is 2.64 bits per heavy atom. The van der Waals surface area contributed by atoms with Gasteiger partial charge in [-0.1, -0.05) is 0 Å². The Morgan fingerprint density at radius 1 is 1.36 bits per heavy atom. The number of rotatable bonds is 8. The van der Waals surface area contributed by atoms with Crippen LogP contribution in [-0.2, 0) is 14.3 Å². The van der Waals surface area contributed by atoms with Crippen LogP contribution in [0, 0.1) is 0 Å². The van der Waals surface area contributed by atoms with Crippen LogP contribution in [-0.4, -0.2) is 45.2 Å². The van der Waals surface area contributed by atoms with E-state index in [0.717, 1.165) is 0 Å². The highest BCUT2D eigenvalue weighted by atomic mass is 16.5. The van der Waals surface area contributed by atoms with Gasteiger partial charge in [0.1, 0.15) is 6.61 Å². The van der Waals surface area contributed by atoms with Crippen LogP contribution in [0.3, 0.4) is 0 Å². The normalized spacial score (nSPS) is 9.79. The maximum absolute atomic E-state index is 10.7. The molecule has 0 aromatic rings. The molecule has 0 rings (SSSR count). The Bertz CT molecular complexity index is 185. The fraction of sp³-hybridized carbons (Fsp3) is 0.750. The van der Waals surface area contributed by atoms with E-state index in [9.17, 15) is 9.59 Å². The lowest BCUT2D eigenvalue weighted by Gasteiger charge is -2.04. The van der Waals surface area contributed by atoms with Crippen LogP contribution >= 0.6 is 0 Å². The Balaban J connectivity index is 3.06. The highest BCUT2D eigenvalue weighted by Gasteiger charge is 1.96. The first-order valence-electron chi connectivity index (χ1n) is 4.44. The van der Waals surface area contributed by atoms with Crippen molar-refractivity contribution in [3.05, 3.63) is 0 Å². The van der Waals surface area contributed by atoms with Crippen LogP contribution in [0.25, 0.3) is 0 Å². The van der Waals surface area contributed by atoms with E-state index >= 15 is 0 Å². The second-order valence-corrected chi connectivity index (χ2v) is 2.69. The van der Waals surface area contributed by atoms with Crippen LogP contribution in [0.4, 0.5) is 0 Å². The quantitative estimate of drug-likeness (QED) is 0.406. The molecule has 4 N–H and O–H groups in total. The Morgan fingerprint density at radius 2 is 2.07 bits per heavy atom. The topological polar surface area (TPSA) is 93.4 Å². The van der Waals surface area contributed by atoms with Gasteiger partial charge in [-0.25, -0.2) is 0 Å². The molecule has 0 aliphatic rings. The average molecular weight is 203 g/mol. The lowest BCUT2D eigenvalue weighted by molar-refractivity contribution is -0.122. The molecule has 0 aliphatic heterocycles. The van der Waals surface area contributed by atoms with E-state index in [1.165, 1.54) is 0 Å². The Labute approximate surface area is 83.2 Å². The Kier molecular flexibility index (Phi) is 7.77. The highest BCUT2D eigenvalue weighted by Crippen LogP contribution is 1.76. The number of hydrogen-bond donors (Lipinski definition) is 3. The molecule has 0 aromatic heterocycles. The standard InChI is InChI=1S/C8H17N3O3/c1-10-8(13)2-3-11-4-5-14-6-7(9)12/h11H,2-6H2,1H3,(H2,9,12)(H,10,13). The van der Waals surface area contributed by atoms with Gasteiger partial charge in [-0.15, -0.1) is 0 Å². The van der Waals surface area contributed by atoms with Gasteiger partial charge in [0, 0.05) is 26.6 Å². The van der Waals surface area contributed by atoms with Gasteiger partial charge in [0.05, 0.1) is 6.61 Å². The molecular formula is C8H17N3O3. The minimum atomic E-state index is -0.477. The van der Waals surface area contributed by atoms with Crippen LogP contribution in [0.2, 0.25) is 0 Å². The molecule has 0 atom stereocenters. The summed E-state index contributed by atoms with van der Waals surface area (Å²) in [4.78, 5) is 21.0. The summed E-state index contributed by atoms with van der Waals surface area (Å²) in [5.41, 5.74) is 4.85. The van der Waals surface area contributed by atoms with Gasteiger partial charge in [0.15, 0.2) is 0 Å². The summed E-state index contributed by atoms with van der Waals surface area (Å²) >= 11 is 0. The van der Waals surface area contributed by atoms with Crippen molar-refractivity contribution in [2.45, 2.75) is 6.42 Å². The molecular weight excluding hydrogens is 186 g/mol. The van der Waals surface area contributed by atoms with Gasteiger partial charge in [-0.05, 0) is 0 Å². The van der Waals surface area contributed by atoms with Crippen molar-refractivity contribution in [1.29, 1.82) is 0 Å². The number of ether oxygens (including phenoxy) is 1. The second kappa shape index (κ2) is 8.46. The minimum Gasteiger partial charge on any atom is -0.370 e. The molecule has 0 unspecified atom stereocenters. The smallest absolute Gasteiger partial charge is 0.243 e. The summed E-state index contributed by atoms with van der Waals surface area (Å²) < 4.78 is 4.89. The van der Waals surface area contributed by atoms with Crippen molar-refractivity contribution in [2.24, 2.45) is 5.73 Å². The zero-order chi connectivity index (χ0) is 10.8. The van der Waals surface area contributed by atoms with Gasteiger partial charge in [0.25, 0.3) is 0 Å². The fourth-order valence-corrected chi connectivity index (χ4v) is 0.769. The van der Waals surface area contributed by atoms with E-state index in [2.05, 4.69) is 10.6 Å². The summed E-state index contributed by atoms with van der Waals surface area (Å²) in [5.74, 6) is -0.481. The first-order chi connectivity index (χ1) is 6.66. The van der Waals surface area contributed by atoms with E-state index in [-0.39, 0.29) is 12.5 Å². The SMILES string of the molecule is CNC(=O)CCNCCOCC(N)=O. The summed E-state index contributed by atoms with van der Waals surface area (Å²) in [5, 5.41) is 5.50. The first kappa shape index (κ1) is 12.9. The third kappa shape index (κ3) is 8.95. The molecule has 6 heteroatoms. The molecule has 0 bridgehead atoms. The summed E-state index contributed by atoms with van der Waals surface area (Å²) in [7, 11) is 1.60. The lowest BCUT2D eigenvalue weighted by atomic mass is 10.4. The summed E-state index contributed by atoms with van der Waals surface area (Å²) in [6.07, 6.45) is 0.437. The molecule has 0 saturated carbocycles. The van der Waals surface area contributed by atoms with Gasteiger partial charge in [-0.2, -0.15) is 0 Å². The zero-order valence-corrected chi connectivity index (χ0v) is 8.34. The molecule has 0 aromatic carbocycles. The third-order valence-electron chi connectivity index (χ3n) is 1.48. The van der Waals surface area contributed by atoms with Gasteiger partial charge in [0.2, 0.25) is 11.8 Å². The van der Waals surface area contributed by atoms with E-state index in [1.54, 1.807) is 7.05 Å². The number of nitrogens with one attached hydrogen (secondary N) is 2. The zero-order valence-electron chi connectivity index (χ0n) is 8.34. The predicted octanol–water partition coefficient (Wildman–Crippen LogP) is -1.79. The van der Waals surface area contributed by atoms with Crippen LogP contribution in [0.15, 0.2) is 0 Å². The van der Waals surface area contributed by atoms with Crippen molar-refractivity contribution in [3.8, 4) is 0 Å². The number of amides is 2. The maximum Gasteiger partial charge on any atom is 0.243 e. The molecule has 0 heterocycles. The molecule has 2 amide bonds. The van der Waals surface area contributed by atoms with E-state index in [4.69, 9.17) is 10.5 Å². The van der Waals surface area contributed by atoms with Crippen LogP contribution < -0.4 is 16.4 Å². The average Bonchev–Trinajstić information content (AvgIpc) is 2.15. The lowest BCUT2D eigenvalue weighted by Crippen LogP contribution is -2.28. The van der Waals surface area contributed by atoms with Crippen LogP contribution in [0.5, 0.6) is 0 Å². The molecule has 14 heavy (non-hydrogen) atoms. The summed E-state index contributed by atoms with van der Waals surface area (Å²) in [6, 6.07) is 0. The second-order valence-electron chi connectivity index (χ2n) is 2.69. The molecule has 0 spiro atoms. The Hall–Kier alpha value is -1.14. The van der Waals surface area contributed by atoms with Crippen molar-refractivity contribution >= 4 is 11.8 Å². The maximum atomic E-state index is 10.7. The van der Waals surface area contributed by atoms with Crippen molar-refractivity contribution in [3.63, 3.8) is 0 Å². The summed E-state index contributed by atoms with van der Waals surface area (Å²) in [6.45, 7) is 1.55. The first-order valence-corrected chi connectivity index (χ1v) is 4.44. The molecule has 0 fully saturated rings.